The number of hydrogen-bond donors (Lipinski definition) is 1. The first-order valence-electron chi connectivity index (χ1n) is 2.64. The number of aromatic amines is 1. The largest absolute Gasteiger partial charge is 0.358 e. The van der Waals surface area contributed by atoms with Crippen molar-refractivity contribution in [1.82, 2.24) is 4.98 Å². The molecule has 0 fully saturated rings. The standard InChI is InChI=1S/C5H3BrN2O3/c6-3-1-4(8(10)11)7-5(9)2-3/h1-2H,(H,7,9). The summed E-state index contributed by atoms with van der Waals surface area (Å²) in [6.45, 7) is 0. The highest BCUT2D eigenvalue weighted by Gasteiger charge is 2.04. The highest BCUT2D eigenvalue weighted by Crippen LogP contribution is 2.11. The van der Waals surface area contributed by atoms with E-state index in [0.29, 0.717) is 4.47 Å². The smallest absolute Gasteiger partial charge is 0.332 e. The summed E-state index contributed by atoms with van der Waals surface area (Å²) in [5, 5.41) is 10.1. The highest BCUT2D eigenvalue weighted by atomic mass is 79.9. The molecule has 0 aromatic carbocycles. The van der Waals surface area contributed by atoms with E-state index in [1.807, 2.05) is 0 Å². The molecule has 0 saturated heterocycles. The van der Waals surface area contributed by atoms with Gasteiger partial charge in [0.2, 0.25) is 0 Å². The summed E-state index contributed by atoms with van der Waals surface area (Å²) >= 11 is 2.96. The first-order chi connectivity index (χ1) is 5.09. The lowest BCUT2D eigenvalue weighted by Crippen LogP contribution is -2.06. The maximum absolute atomic E-state index is 10.6. The number of nitrogens with one attached hydrogen (secondary N) is 1. The van der Waals surface area contributed by atoms with Gasteiger partial charge >= 0.3 is 11.4 Å². The number of aromatic nitrogens is 1. The van der Waals surface area contributed by atoms with Gasteiger partial charge in [0.25, 0.3) is 0 Å². The van der Waals surface area contributed by atoms with Crippen LogP contribution in [0.25, 0.3) is 0 Å². The predicted molar refractivity (Wildman–Crippen MR) is 41.4 cm³/mol. The second-order valence-electron chi connectivity index (χ2n) is 1.81. The third kappa shape index (κ3) is 1.87. The van der Waals surface area contributed by atoms with E-state index in [-0.39, 0.29) is 5.82 Å². The molecule has 5 nitrogen and oxygen atoms in total. The molecule has 58 valence electrons. The number of rotatable bonds is 1. The van der Waals surface area contributed by atoms with Crippen LogP contribution >= 0.6 is 15.9 Å². The van der Waals surface area contributed by atoms with Crippen LogP contribution in [0.5, 0.6) is 0 Å². The molecule has 0 atom stereocenters. The van der Waals surface area contributed by atoms with Crippen LogP contribution in [-0.2, 0) is 0 Å². The fourth-order valence-electron chi connectivity index (χ4n) is 0.594. The summed E-state index contributed by atoms with van der Waals surface area (Å²) in [5.74, 6) is -0.315. The summed E-state index contributed by atoms with van der Waals surface area (Å²) in [5.41, 5.74) is -0.494. The average molecular weight is 219 g/mol. The maximum Gasteiger partial charge on any atom is 0.332 e. The van der Waals surface area contributed by atoms with Gasteiger partial charge in [0.1, 0.15) is 0 Å². The third-order valence-electron chi connectivity index (χ3n) is 0.992. The lowest BCUT2D eigenvalue weighted by atomic mass is 10.5. The molecule has 6 heteroatoms. The second-order valence-corrected chi connectivity index (χ2v) is 2.72. The van der Waals surface area contributed by atoms with Crippen LogP contribution in [-0.4, -0.2) is 9.91 Å². The predicted octanol–water partition coefficient (Wildman–Crippen LogP) is 1.05. The van der Waals surface area contributed by atoms with E-state index in [4.69, 9.17) is 0 Å². The van der Waals surface area contributed by atoms with Crippen LogP contribution < -0.4 is 5.56 Å². The molecule has 0 unspecified atom stereocenters. The number of hydrogen-bond acceptors (Lipinski definition) is 3. The Labute approximate surface area is 69.3 Å². The number of nitrogens with zero attached hydrogens (tertiary/aromatic N) is 1. The van der Waals surface area contributed by atoms with Crippen molar-refractivity contribution >= 4 is 21.7 Å². The van der Waals surface area contributed by atoms with E-state index in [2.05, 4.69) is 20.9 Å². The molecule has 0 aliphatic heterocycles. The average Bonchev–Trinajstić information content (AvgIpc) is 1.85. The van der Waals surface area contributed by atoms with Crippen LogP contribution in [0.2, 0.25) is 0 Å². The molecule has 1 heterocycles. The molecule has 0 spiro atoms. The van der Waals surface area contributed by atoms with Gasteiger partial charge in [-0.3, -0.25) is 0 Å². The molecule has 11 heavy (non-hydrogen) atoms. The number of H-pyrrole nitrogens is 1. The van der Waals surface area contributed by atoms with Crippen molar-refractivity contribution < 1.29 is 4.92 Å². The molecule has 0 bridgehead atoms. The number of nitro groups is 1. The van der Waals surface area contributed by atoms with Crippen LogP contribution in [0.15, 0.2) is 21.4 Å². The Kier molecular flexibility index (Phi) is 2.04. The summed E-state index contributed by atoms with van der Waals surface area (Å²) in [4.78, 5) is 22.1. The Morgan fingerprint density at radius 1 is 1.55 bits per heavy atom. The fourth-order valence-corrected chi connectivity index (χ4v) is 1.02. The summed E-state index contributed by atoms with van der Waals surface area (Å²) < 4.78 is 0.396. The van der Waals surface area contributed by atoms with Crippen molar-refractivity contribution in [3.8, 4) is 0 Å². The molecule has 1 aromatic rings. The molecule has 0 aliphatic carbocycles. The summed E-state index contributed by atoms with van der Waals surface area (Å²) in [6.07, 6.45) is 0. The highest BCUT2D eigenvalue weighted by molar-refractivity contribution is 9.10. The van der Waals surface area contributed by atoms with E-state index < -0.39 is 10.5 Å². The van der Waals surface area contributed by atoms with E-state index in [9.17, 15) is 14.9 Å². The van der Waals surface area contributed by atoms with Crippen molar-refractivity contribution in [2.75, 3.05) is 0 Å². The van der Waals surface area contributed by atoms with E-state index in [0.717, 1.165) is 0 Å². The molecule has 0 radical (unpaired) electrons. The minimum atomic E-state index is -0.661. The van der Waals surface area contributed by atoms with Gasteiger partial charge in [-0.1, -0.05) is 15.9 Å². The second kappa shape index (κ2) is 2.83. The van der Waals surface area contributed by atoms with Crippen molar-refractivity contribution in [2.24, 2.45) is 0 Å². The Morgan fingerprint density at radius 3 is 2.64 bits per heavy atom. The van der Waals surface area contributed by atoms with Crippen molar-refractivity contribution in [1.29, 1.82) is 0 Å². The monoisotopic (exact) mass is 218 g/mol. The van der Waals surface area contributed by atoms with Gasteiger partial charge in [-0.25, -0.2) is 9.78 Å². The van der Waals surface area contributed by atoms with Crippen LogP contribution in [0.1, 0.15) is 0 Å². The van der Waals surface area contributed by atoms with Gasteiger partial charge in [-0.05, 0) is 4.92 Å². The molecule has 0 aliphatic rings. The zero-order chi connectivity index (χ0) is 8.43. The lowest BCUT2D eigenvalue weighted by Gasteiger charge is -1.92. The third-order valence-corrected chi connectivity index (χ3v) is 1.45. The summed E-state index contributed by atoms with van der Waals surface area (Å²) in [7, 11) is 0. The number of pyridine rings is 1. The normalized spacial score (nSPS) is 9.55. The van der Waals surface area contributed by atoms with Gasteiger partial charge < -0.3 is 10.1 Å². The quantitative estimate of drug-likeness (QED) is 0.566. The fraction of sp³-hybridized carbons (Fsp3) is 0. The molecule has 1 N–H and O–H groups in total. The molecule has 0 saturated carbocycles. The van der Waals surface area contributed by atoms with E-state index in [1.165, 1.54) is 12.1 Å². The maximum atomic E-state index is 10.6. The zero-order valence-corrected chi connectivity index (χ0v) is 6.79. The van der Waals surface area contributed by atoms with E-state index >= 15 is 0 Å². The van der Waals surface area contributed by atoms with Crippen LogP contribution in [0.4, 0.5) is 5.82 Å². The topological polar surface area (TPSA) is 76.0 Å². The van der Waals surface area contributed by atoms with Gasteiger partial charge in [-0.15, -0.1) is 0 Å². The Bertz CT molecular complexity index is 346. The number of halogens is 1. The molecular weight excluding hydrogens is 216 g/mol. The van der Waals surface area contributed by atoms with Gasteiger partial charge in [0, 0.05) is 16.6 Å². The first-order valence-corrected chi connectivity index (χ1v) is 3.43. The Morgan fingerprint density at radius 2 is 2.18 bits per heavy atom. The first kappa shape index (κ1) is 7.93. The Hall–Kier alpha value is -1.17. The minimum absolute atomic E-state index is 0.315. The van der Waals surface area contributed by atoms with Gasteiger partial charge in [-0.2, -0.15) is 0 Å². The molecule has 0 amide bonds. The van der Waals surface area contributed by atoms with Crippen molar-refractivity contribution in [2.45, 2.75) is 0 Å². The zero-order valence-electron chi connectivity index (χ0n) is 5.20. The SMILES string of the molecule is O=c1cc(Br)cc([N+](=O)[O-])[nH]1. The van der Waals surface area contributed by atoms with Crippen LogP contribution in [0.3, 0.4) is 0 Å². The van der Waals surface area contributed by atoms with Gasteiger partial charge in [0.15, 0.2) is 0 Å². The molecule has 1 aromatic heterocycles. The van der Waals surface area contributed by atoms with Crippen molar-refractivity contribution in [3.63, 3.8) is 0 Å². The summed E-state index contributed by atoms with van der Waals surface area (Å²) in [6, 6.07) is 2.44. The molecule has 1 rings (SSSR count). The van der Waals surface area contributed by atoms with E-state index in [1.54, 1.807) is 0 Å². The van der Waals surface area contributed by atoms with Gasteiger partial charge in [0.05, 0.1) is 0 Å². The Balaban J connectivity index is 3.30. The van der Waals surface area contributed by atoms with Crippen molar-refractivity contribution in [3.05, 3.63) is 37.1 Å². The minimum Gasteiger partial charge on any atom is -0.358 e. The molecular formula is C5H3BrN2O3. The lowest BCUT2D eigenvalue weighted by molar-refractivity contribution is -0.389. The van der Waals surface area contributed by atoms with Crippen LogP contribution in [0, 0.1) is 10.1 Å².